The molecular formula is C17H18N2O2. The maximum Gasteiger partial charge on any atom is 0.333 e. The molecule has 0 aliphatic carbocycles. The van der Waals surface area contributed by atoms with Crippen LogP contribution in [-0.4, -0.2) is 15.5 Å². The number of aromatic nitrogens is 2. The van der Waals surface area contributed by atoms with Gasteiger partial charge in [0.05, 0.1) is 17.7 Å². The largest absolute Gasteiger partial charge is 0.456 e. The van der Waals surface area contributed by atoms with Crippen LogP contribution < -0.4 is 0 Å². The first-order valence-electron chi connectivity index (χ1n) is 6.66. The Morgan fingerprint density at radius 3 is 2.71 bits per heavy atom. The number of ether oxygens (including phenoxy) is 1. The van der Waals surface area contributed by atoms with Crippen LogP contribution >= 0.6 is 0 Å². The van der Waals surface area contributed by atoms with Gasteiger partial charge in [0, 0.05) is 17.7 Å². The van der Waals surface area contributed by atoms with Gasteiger partial charge in [0.1, 0.15) is 6.61 Å². The lowest BCUT2D eigenvalue weighted by atomic mass is 10.1. The van der Waals surface area contributed by atoms with Crippen LogP contribution in [0.15, 0.2) is 61.5 Å². The lowest BCUT2D eigenvalue weighted by molar-refractivity contribution is -0.140. The van der Waals surface area contributed by atoms with Crippen LogP contribution in [0.3, 0.4) is 0 Å². The first kappa shape index (κ1) is 14.8. The summed E-state index contributed by atoms with van der Waals surface area (Å²) in [6.45, 7) is 9.71. The third kappa shape index (κ3) is 3.48. The molecule has 2 aromatic rings. The number of allylic oxidation sites excluding steroid dienone is 1. The van der Waals surface area contributed by atoms with Gasteiger partial charge >= 0.3 is 5.97 Å². The molecule has 0 saturated heterocycles. The Labute approximate surface area is 124 Å². The smallest absolute Gasteiger partial charge is 0.333 e. The minimum absolute atomic E-state index is 0.157. The Bertz CT molecular complexity index is 657. The lowest BCUT2D eigenvalue weighted by Gasteiger charge is -2.09. The number of carbonyl (C=O) groups excluding carboxylic acids is 1. The van der Waals surface area contributed by atoms with Gasteiger partial charge in [-0.15, -0.1) is 6.58 Å². The van der Waals surface area contributed by atoms with Crippen molar-refractivity contribution in [1.29, 1.82) is 0 Å². The van der Waals surface area contributed by atoms with Gasteiger partial charge in [0.15, 0.2) is 0 Å². The van der Waals surface area contributed by atoms with Gasteiger partial charge in [0.2, 0.25) is 0 Å². The Morgan fingerprint density at radius 2 is 2.10 bits per heavy atom. The van der Waals surface area contributed by atoms with Gasteiger partial charge in [0.25, 0.3) is 0 Å². The Morgan fingerprint density at radius 1 is 1.38 bits per heavy atom. The van der Waals surface area contributed by atoms with Crippen LogP contribution in [0.25, 0.3) is 11.3 Å². The zero-order valence-corrected chi connectivity index (χ0v) is 12.1. The van der Waals surface area contributed by atoms with Gasteiger partial charge in [-0.05, 0) is 6.92 Å². The summed E-state index contributed by atoms with van der Waals surface area (Å²) < 4.78 is 7.18. The van der Waals surface area contributed by atoms with E-state index < -0.39 is 5.97 Å². The van der Waals surface area contributed by atoms with Crippen molar-refractivity contribution in [3.8, 4) is 11.3 Å². The van der Waals surface area contributed by atoms with Crippen molar-refractivity contribution in [1.82, 2.24) is 9.55 Å². The van der Waals surface area contributed by atoms with Crippen molar-refractivity contribution < 1.29 is 9.53 Å². The molecule has 0 fully saturated rings. The van der Waals surface area contributed by atoms with E-state index in [1.807, 2.05) is 34.9 Å². The molecular weight excluding hydrogens is 264 g/mol. The molecule has 0 N–H and O–H groups in total. The van der Waals surface area contributed by atoms with Gasteiger partial charge < -0.3 is 9.30 Å². The molecule has 0 atom stereocenters. The summed E-state index contributed by atoms with van der Waals surface area (Å²) in [6.07, 6.45) is 3.51. The average molecular weight is 282 g/mol. The summed E-state index contributed by atoms with van der Waals surface area (Å²) in [5.41, 5.74) is 3.02. The molecule has 1 aromatic carbocycles. The van der Waals surface area contributed by atoms with E-state index in [1.54, 1.807) is 19.3 Å². The fourth-order valence-electron chi connectivity index (χ4n) is 1.95. The highest BCUT2D eigenvalue weighted by molar-refractivity contribution is 5.86. The number of benzene rings is 1. The summed E-state index contributed by atoms with van der Waals surface area (Å²) >= 11 is 0. The lowest BCUT2D eigenvalue weighted by Crippen LogP contribution is -2.09. The number of imidazole rings is 1. The summed E-state index contributed by atoms with van der Waals surface area (Å²) in [5.74, 6) is -0.402. The normalized spacial score (nSPS) is 10.1. The summed E-state index contributed by atoms with van der Waals surface area (Å²) in [4.78, 5) is 16.0. The standard InChI is InChI=1S/C17H18N2O2/c1-4-10-19-12-18-16(14-8-6-5-7-9-14)15(19)11-21-17(20)13(2)3/h4-9,12H,1-2,10-11H2,3H3. The maximum atomic E-state index is 11.6. The molecule has 1 heterocycles. The number of carbonyl (C=O) groups is 1. The molecule has 2 rings (SSSR count). The quantitative estimate of drug-likeness (QED) is 0.463. The zero-order chi connectivity index (χ0) is 15.2. The predicted molar refractivity (Wildman–Crippen MR) is 82.5 cm³/mol. The van der Waals surface area contributed by atoms with Crippen molar-refractivity contribution in [3.05, 3.63) is 67.2 Å². The van der Waals surface area contributed by atoms with E-state index in [9.17, 15) is 4.79 Å². The minimum Gasteiger partial charge on any atom is -0.456 e. The van der Waals surface area contributed by atoms with E-state index in [2.05, 4.69) is 18.1 Å². The monoisotopic (exact) mass is 282 g/mol. The number of esters is 1. The van der Waals surface area contributed by atoms with Crippen molar-refractivity contribution in [3.63, 3.8) is 0 Å². The third-order valence-corrected chi connectivity index (χ3v) is 3.01. The second-order valence-corrected chi connectivity index (χ2v) is 4.70. The first-order chi connectivity index (χ1) is 10.1. The molecule has 4 heteroatoms. The second-order valence-electron chi connectivity index (χ2n) is 4.70. The highest BCUT2D eigenvalue weighted by atomic mass is 16.5. The Hall–Kier alpha value is -2.62. The van der Waals surface area contributed by atoms with Gasteiger partial charge in [-0.25, -0.2) is 9.78 Å². The average Bonchev–Trinajstić information content (AvgIpc) is 2.89. The van der Waals surface area contributed by atoms with Crippen LogP contribution in [0.2, 0.25) is 0 Å². The van der Waals surface area contributed by atoms with Gasteiger partial charge in [-0.3, -0.25) is 0 Å². The van der Waals surface area contributed by atoms with Gasteiger partial charge in [-0.2, -0.15) is 0 Å². The van der Waals surface area contributed by atoms with E-state index in [4.69, 9.17) is 4.74 Å². The molecule has 108 valence electrons. The van der Waals surface area contributed by atoms with Crippen molar-refractivity contribution >= 4 is 5.97 Å². The Balaban J connectivity index is 2.31. The molecule has 0 aliphatic rings. The number of hydrogen-bond donors (Lipinski definition) is 0. The van der Waals surface area contributed by atoms with Crippen molar-refractivity contribution in [2.24, 2.45) is 0 Å². The van der Waals surface area contributed by atoms with Crippen LogP contribution in [0.4, 0.5) is 0 Å². The molecule has 21 heavy (non-hydrogen) atoms. The second kappa shape index (κ2) is 6.70. The molecule has 0 unspecified atom stereocenters. The van der Waals surface area contributed by atoms with Crippen LogP contribution in [0.1, 0.15) is 12.6 Å². The van der Waals surface area contributed by atoms with E-state index in [-0.39, 0.29) is 6.61 Å². The molecule has 1 aromatic heterocycles. The van der Waals surface area contributed by atoms with E-state index in [0.29, 0.717) is 12.1 Å². The summed E-state index contributed by atoms with van der Waals surface area (Å²) in [6, 6.07) is 9.80. The van der Waals surface area contributed by atoms with E-state index in [1.165, 1.54) is 0 Å². The van der Waals surface area contributed by atoms with E-state index in [0.717, 1.165) is 17.0 Å². The summed E-state index contributed by atoms with van der Waals surface area (Å²) in [5, 5.41) is 0. The highest BCUT2D eigenvalue weighted by Crippen LogP contribution is 2.23. The fraction of sp³-hybridized carbons (Fsp3) is 0.176. The third-order valence-electron chi connectivity index (χ3n) is 3.01. The highest BCUT2D eigenvalue weighted by Gasteiger charge is 2.14. The zero-order valence-electron chi connectivity index (χ0n) is 12.1. The van der Waals surface area contributed by atoms with Crippen molar-refractivity contribution in [2.45, 2.75) is 20.1 Å². The summed E-state index contributed by atoms with van der Waals surface area (Å²) in [7, 11) is 0. The predicted octanol–water partition coefficient (Wildman–Crippen LogP) is 3.36. The topological polar surface area (TPSA) is 44.1 Å². The van der Waals surface area contributed by atoms with E-state index >= 15 is 0 Å². The molecule has 0 amide bonds. The maximum absolute atomic E-state index is 11.6. The molecule has 0 spiro atoms. The van der Waals surface area contributed by atoms with Gasteiger partial charge in [-0.1, -0.05) is 43.0 Å². The SMILES string of the molecule is C=CCn1cnc(-c2ccccc2)c1COC(=O)C(=C)C. The molecule has 0 bridgehead atoms. The van der Waals surface area contributed by atoms with Crippen LogP contribution in [0, 0.1) is 0 Å². The minimum atomic E-state index is -0.402. The Kier molecular flexibility index (Phi) is 4.72. The van der Waals surface area contributed by atoms with Crippen molar-refractivity contribution in [2.75, 3.05) is 0 Å². The number of hydrogen-bond acceptors (Lipinski definition) is 3. The molecule has 0 aliphatic heterocycles. The first-order valence-corrected chi connectivity index (χ1v) is 6.66. The van der Waals surface area contributed by atoms with Crippen LogP contribution in [0.5, 0.6) is 0 Å². The molecule has 0 saturated carbocycles. The van der Waals surface area contributed by atoms with Crippen LogP contribution in [-0.2, 0) is 22.7 Å². The molecule has 4 nitrogen and oxygen atoms in total. The fourth-order valence-corrected chi connectivity index (χ4v) is 1.95. The number of rotatable bonds is 6. The molecule has 0 radical (unpaired) electrons. The number of nitrogens with zero attached hydrogens (tertiary/aromatic N) is 2.